The van der Waals surface area contributed by atoms with Gasteiger partial charge in [0.25, 0.3) is 0 Å². The third-order valence-corrected chi connectivity index (χ3v) is 5.71. The lowest BCUT2D eigenvalue weighted by Crippen LogP contribution is -2.46. The molecule has 1 aromatic carbocycles. The zero-order valence-electron chi connectivity index (χ0n) is 17.6. The highest BCUT2D eigenvalue weighted by Crippen LogP contribution is 2.22. The molecule has 0 aromatic heterocycles. The van der Waals surface area contributed by atoms with Crippen molar-refractivity contribution in [2.24, 2.45) is 10.9 Å². The molecular formula is C21H36IN5O. The number of nitrogens with zero attached hydrogens (tertiary/aromatic N) is 3. The topological polar surface area (TPSA) is 52.1 Å². The second-order valence-corrected chi connectivity index (χ2v) is 7.93. The molecule has 2 aliphatic heterocycles. The number of halogens is 1. The second-order valence-electron chi connectivity index (χ2n) is 7.93. The third kappa shape index (κ3) is 5.97. The van der Waals surface area contributed by atoms with Gasteiger partial charge in [0.15, 0.2) is 5.96 Å². The van der Waals surface area contributed by atoms with Crippen LogP contribution in [0.4, 0.5) is 5.69 Å². The molecule has 0 aliphatic carbocycles. The summed E-state index contributed by atoms with van der Waals surface area (Å²) in [5.74, 6) is 1.50. The highest BCUT2D eigenvalue weighted by molar-refractivity contribution is 14.0. The number of anilines is 1. The Kier molecular flexibility index (Phi) is 9.30. The van der Waals surface area contributed by atoms with Crippen molar-refractivity contribution < 1.29 is 4.74 Å². The van der Waals surface area contributed by atoms with E-state index >= 15 is 0 Å². The van der Waals surface area contributed by atoms with E-state index in [1.165, 1.54) is 11.3 Å². The first-order chi connectivity index (χ1) is 13.1. The Morgan fingerprint density at radius 2 is 1.93 bits per heavy atom. The van der Waals surface area contributed by atoms with Gasteiger partial charge in [-0.1, -0.05) is 25.1 Å². The maximum Gasteiger partial charge on any atom is 0.191 e. The standard InChI is InChI=1S/C21H35N5O.HI/c1-16(2)26-14-17(3)19(15-26)24-21(22-4)23-13-18-7-5-6-8-20(18)25-9-11-27-12-10-25;/h5-8,16-17,19H,9-15H2,1-4H3,(H2,22,23,24);1H. The van der Waals surface area contributed by atoms with Gasteiger partial charge in [-0.05, 0) is 31.4 Å². The lowest BCUT2D eigenvalue weighted by Gasteiger charge is -2.31. The number of rotatable bonds is 5. The van der Waals surface area contributed by atoms with Crippen LogP contribution < -0.4 is 15.5 Å². The van der Waals surface area contributed by atoms with Gasteiger partial charge in [-0.3, -0.25) is 9.89 Å². The van der Waals surface area contributed by atoms with Gasteiger partial charge in [0.05, 0.1) is 13.2 Å². The molecule has 0 bridgehead atoms. The van der Waals surface area contributed by atoms with Crippen molar-refractivity contribution >= 4 is 35.6 Å². The number of benzene rings is 1. The number of hydrogen-bond donors (Lipinski definition) is 2. The van der Waals surface area contributed by atoms with Gasteiger partial charge in [0, 0.05) is 57.5 Å². The number of nitrogens with one attached hydrogen (secondary N) is 2. The fraction of sp³-hybridized carbons (Fsp3) is 0.667. The molecule has 2 heterocycles. The largest absolute Gasteiger partial charge is 0.378 e. The Morgan fingerprint density at radius 1 is 1.21 bits per heavy atom. The van der Waals surface area contributed by atoms with E-state index in [0.717, 1.165) is 51.9 Å². The average molecular weight is 501 g/mol. The van der Waals surface area contributed by atoms with Crippen molar-refractivity contribution in [3.05, 3.63) is 29.8 Å². The van der Waals surface area contributed by atoms with Crippen molar-refractivity contribution in [1.82, 2.24) is 15.5 Å². The molecule has 3 rings (SSSR count). The van der Waals surface area contributed by atoms with E-state index in [-0.39, 0.29) is 24.0 Å². The summed E-state index contributed by atoms with van der Waals surface area (Å²) in [5.41, 5.74) is 2.59. The minimum atomic E-state index is 0. The zero-order chi connectivity index (χ0) is 19.2. The molecule has 0 radical (unpaired) electrons. The highest BCUT2D eigenvalue weighted by atomic mass is 127. The molecule has 28 heavy (non-hydrogen) atoms. The summed E-state index contributed by atoms with van der Waals surface area (Å²) in [6, 6.07) is 9.66. The Bertz CT molecular complexity index is 633. The van der Waals surface area contributed by atoms with Crippen LogP contribution in [0.3, 0.4) is 0 Å². The third-order valence-electron chi connectivity index (χ3n) is 5.71. The molecule has 2 N–H and O–H groups in total. The van der Waals surface area contributed by atoms with Crippen LogP contribution in [0.25, 0.3) is 0 Å². The fourth-order valence-electron chi connectivity index (χ4n) is 3.94. The first-order valence-electron chi connectivity index (χ1n) is 10.2. The van der Waals surface area contributed by atoms with E-state index in [0.29, 0.717) is 18.0 Å². The summed E-state index contributed by atoms with van der Waals surface area (Å²) in [5, 5.41) is 7.15. The molecule has 6 nitrogen and oxygen atoms in total. The minimum absolute atomic E-state index is 0. The fourth-order valence-corrected chi connectivity index (χ4v) is 3.94. The summed E-state index contributed by atoms with van der Waals surface area (Å²) < 4.78 is 5.50. The highest BCUT2D eigenvalue weighted by Gasteiger charge is 2.31. The van der Waals surface area contributed by atoms with Crippen LogP contribution in [0, 0.1) is 5.92 Å². The predicted molar refractivity (Wildman–Crippen MR) is 128 cm³/mol. The Hall–Kier alpha value is -1.06. The number of hydrogen-bond acceptors (Lipinski definition) is 4. The van der Waals surface area contributed by atoms with E-state index in [1.807, 2.05) is 7.05 Å². The first kappa shape index (κ1) is 23.2. The van der Waals surface area contributed by atoms with Gasteiger partial charge in [-0.2, -0.15) is 0 Å². The monoisotopic (exact) mass is 501 g/mol. The van der Waals surface area contributed by atoms with E-state index in [4.69, 9.17) is 4.74 Å². The van der Waals surface area contributed by atoms with Gasteiger partial charge in [0.2, 0.25) is 0 Å². The molecule has 7 heteroatoms. The molecule has 2 fully saturated rings. The summed E-state index contributed by atoms with van der Waals surface area (Å²) in [6.07, 6.45) is 0. The second kappa shape index (κ2) is 11.2. The number of morpholine rings is 1. The van der Waals surface area contributed by atoms with Gasteiger partial charge in [-0.15, -0.1) is 24.0 Å². The number of para-hydroxylation sites is 1. The summed E-state index contributed by atoms with van der Waals surface area (Å²) in [4.78, 5) is 9.40. The molecule has 2 unspecified atom stereocenters. The van der Waals surface area contributed by atoms with Crippen LogP contribution in [0.15, 0.2) is 29.3 Å². The molecule has 2 aliphatic rings. The number of aliphatic imine (C=N–C) groups is 1. The molecular weight excluding hydrogens is 465 g/mol. The van der Waals surface area contributed by atoms with Gasteiger partial charge in [-0.25, -0.2) is 0 Å². The molecule has 2 saturated heterocycles. The molecule has 158 valence electrons. The predicted octanol–water partition coefficient (Wildman–Crippen LogP) is 2.53. The van der Waals surface area contributed by atoms with Crippen LogP contribution in [0.5, 0.6) is 0 Å². The van der Waals surface area contributed by atoms with Gasteiger partial charge in [0.1, 0.15) is 0 Å². The summed E-state index contributed by atoms with van der Waals surface area (Å²) in [7, 11) is 1.85. The lowest BCUT2D eigenvalue weighted by atomic mass is 10.1. The van der Waals surface area contributed by atoms with Crippen LogP contribution in [0.2, 0.25) is 0 Å². The normalized spacial score (nSPS) is 23.6. The maximum atomic E-state index is 5.50. The van der Waals surface area contributed by atoms with Crippen molar-refractivity contribution in [2.45, 2.75) is 39.4 Å². The minimum Gasteiger partial charge on any atom is -0.378 e. The molecule has 1 aromatic rings. The van der Waals surface area contributed by atoms with Crippen LogP contribution in [-0.4, -0.2) is 69.4 Å². The van der Waals surface area contributed by atoms with Gasteiger partial charge >= 0.3 is 0 Å². The van der Waals surface area contributed by atoms with Crippen LogP contribution in [-0.2, 0) is 11.3 Å². The van der Waals surface area contributed by atoms with E-state index in [1.54, 1.807) is 0 Å². The molecule has 0 saturated carbocycles. The van der Waals surface area contributed by atoms with Gasteiger partial charge < -0.3 is 20.3 Å². The van der Waals surface area contributed by atoms with Crippen LogP contribution >= 0.6 is 24.0 Å². The molecule has 0 amide bonds. The Labute approximate surface area is 187 Å². The average Bonchev–Trinajstić information content (AvgIpc) is 3.07. The smallest absolute Gasteiger partial charge is 0.191 e. The number of ether oxygens (including phenoxy) is 1. The quantitative estimate of drug-likeness (QED) is 0.369. The van der Waals surface area contributed by atoms with E-state index < -0.39 is 0 Å². The van der Waals surface area contributed by atoms with E-state index in [9.17, 15) is 0 Å². The summed E-state index contributed by atoms with van der Waals surface area (Å²) >= 11 is 0. The van der Waals surface area contributed by atoms with Crippen molar-refractivity contribution in [1.29, 1.82) is 0 Å². The maximum absolute atomic E-state index is 5.50. The summed E-state index contributed by atoms with van der Waals surface area (Å²) in [6.45, 7) is 13.4. The lowest BCUT2D eigenvalue weighted by molar-refractivity contribution is 0.122. The van der Waals surface area contributed by atoms with Crippen molar-refractivity contribution in [3.63, 3.8) is 0 Å². The molecule has 0 spiro atoms. The first-order valence-corrected chi connectivity index (χ1v) is 10.2. The van der Waals surface area contributed by atoms with Crippen molar-refractivity contribution in [2.75, 3.05) is 51.3 Å². The Balaban J connectivity index is 0.00000280. The zero-order valence-corrected chi connectivity index (χ0v) is 20.0. The van der Waals surface area contributed by atoms with E-state index in [2.05, 4.69) is 70.5 Å². The Morgan fingerprint density at radius 3 is 2.57 bits per heavy atom. The number of likely N-dealkylation sites (tertiary alicyclic amines) is 1. The van der Waals surface area contributed by atoms with Crippen molar-refractivity contribution in [3.8, 4) is 0 Å². The molecule has 2 atom stereocenters. The SMILES string of the molecule is CN=C(NCc1ccccc1N1CCOCC1)NC1CN(C(C)C)CC1C.I. The number of guanidine groups is 1. The van der Waals surface area contributed by atoms with Crippen LogP contribution in [0.1, 0.15) is 26.3 Å².